The van der Waals surface area contributed by atoms with E-state index in [4.69, 9.17) is 19.2 Å². The van der Waals surface area contributed by atoms with Gasteiger partial charge >= 0.3 is 0 Å². The van der Waals surface area contributed by atoms with Crippen LogP contribution in [0.4, 0.5) is 0 Å². The lowest BCUT2D eigenvalue weighted by Crippen LogP contribution is -2.22. The number of ether oxygens (including phenoxy) is 3. The summed E-state index contributed by atoms with van der Waals surface area (Å²) in [4.78, 5) is 18.2. The van der Waals surface area contributed by atoms with E-state index in [1.807, 2.05) is 79.7 Å². The van der Waals surface area contributed by atoms with Crippen LogP contribution in [0.15, 0.2) is 71.5 Å². The number of hydrogen-bond acceptors (Lipinski definition) is 5. The van der Waals surface area contributed by atoms with E-state index in [1.54, 1.807) is 24.9 Å². The maximum atomic E-state index is 13.4. The van der Waals surface area contributed by atoms with Gasteiger partial charge in [-0.2, -0.15) is 0 Å². The highest BCUT2D eigenvalue weighted by atomic mass is 16.5. The summed E-state index contributed by atoms with van der Waals surface area (Å²) in [6, 6.07) is 20.3. The largest absolute Gasteiger partial charge is 0.497 e. The predicted molar refractivity (Wildman–Crippen MR) is 127 cm³/mol. The van der Waals surface area contributed by atoms with Crippen molar-refractivity contribution in [2.75, 3.05) is 20.8 Å². The molecule has 32 heavy (non-hydrogen) atoms. The topological polar surface area (TPSA) is 62.6 Å². The van der Waals surface area contributed by atoms with Gasteiger partial charge in [0.05, 0.1) is 37.4 Å². The zero-order chi connectivity index (χ0) is 22.5. The minimum Gasteiger partial charge on any atom is -0.497 e. The van der Waals surface area contributed by atoms with Crippen LogP contribution in [0.25, 0.3) is 28.7 Å². The molecule has 0 aliphatic rings. The van der Waals surface area contributed by atoms with Crippen molar-refractivity contribution in [3.05, 3.63) is 88.5 Å². The molecule has 0 N–H and O–H groups in total. The van der Waals surface area contributed by atoms with E-state index < -0.39 is 0 Å². The van der Waals surface area contributed by atoms with Crippen LogP contribution in [0, 0.1) is 0 Å². The number of para-hydroxylation sites is 1. The van der Waals surface area contributed by atoms with Crippen LogP contribution in [0.3, 0.4) is 0 Å². The second kappa shape index (κ2) is 9.39. The molecule has 1 heterocycles. The molecule has 3 aromatic carbocycles. The van der Waals surface area contributed by atoms with Crippen LogP contribution < -0.4 is 19.8 Å². The molecule has 6 heteroatoms. The van der Waals surface area contributed by atoms with Crippen molar-refractivity contribution >= 4 is 23.1 Å². The normalized spacial score (nSPS) is 11.1. The van der Waals surface area contributed by atoms with Crippen LogP contribution in [0.2, 0.25) is 0 Å². The Bertz CT molecular complexity index is 1320. The molecule has 0 amide bonds. The van der Waals surface area contributed by atoms with Gasteiger partial charge in [-0.1, -0.05) is 12.1 Å². The summed E-state index contributed by atoms with van der Waals surface area (Å²) in [6.45, 7) is 2.51. The minimum absolute atomic E-state index is 0.142. The van der Waals surface area contributed by atoms with Gasteiger partial charge in [0.15, 0.2) is 0 Å². The van der Waals surface area contributed by atoms with Gasteiger partial charge in [-0.15, -0.1) is 0 Å². The number of rotatable bonds is 7. The molecule has 0 atom stereocenters. The first kappa shape index (κ1) is 21.2. The van der Waals surface area contributed by atoms with Crippen molar-refractivity contribution < 1.29 is 14.2 Å². The highest BCUT2D eigenvalue weighted by Gasteiger charge is 2.12. The molecule has 0 saturated heterocycles. The van der Waals surface area contributed by atoms with E-state index in [1.165, 1.54) is 0 Å². The van der Waals surface area contributed by atoms with Gasteiger partial charge in [-0.05, 0) is 73.7 Å². The Balaban J connectivity index is 1.88. The Hall–Kier alpha value is -4.06. The Morgan fingerprint density at radius 1 is 0.906 bits per heavy atom. The summed E-state index contributed by atoms with van der Waals surface area (Å²) >= 11 is 0. The van der Waals surface area contributed by atoms with Gasteiger partial charge in [0.1, 0.15) is 23.1 Å². The third-order valence-electron chi connectivity index (χ3n) is 5.06. The third-order valence-corrected chi connectivity index (χ3v) is 5.06. The zero-order valence-electron chi connectivity index (χ0n) is 18.2. The molecule has 162 valence electrons. The Labute approximate surface area is 186 Å². The number of nitrogens with zero attached hydrogens (tertiary/aromatic N) is 2. The first-order valence-electron chi connectivity index (χ1n) is 10.3. The fraction of sp³-hybridized carbons (Fsp3) is 0.154. The summed E-state index contributed by atoms with van der Waals surface area (Å²) in [5.74, 6) is 2.65. The number of fused-ring (bicyclic) bond motifs is 1. The molecule has 4 aromatic rings. The molecule has 0 radical (unpaired) electrons. The van der Waals surface area contributed by atoms with Gasteiger partial charge in [0.25, 0.3) is 5.56 Å². The molecule has 0 aliphatic carbocycles. The monoisotopic (exact) mass is 428 g/mol. The van der Waals surface area contributed by atoms with Crippen molar-refractivity contribution in [1.82, 2.24) is 9.55 Å². The third kappa shape index (κ3) is 4.21. The molecular weight excluding hydrogens is 404 g/mol. The fourth-order valence-corrected chi connectivity index (χ4v) is 3.50. The molecule has 0 unspecified atom stereocenters. The average Bonchev–Trinajstić information content (AvgIpc) is 2.83. The molecule has 0 bridgehead atoms. The number of hydrogen-bond donors (Lipinski definition) is 0. The summed E-state index contributed by atoms with van der Waals surface area (Å²) in [7, 11) is 3.23. The van der Waals surface area contributed by atoms with E-state index in [9.17, 15) is 4.79 Å². The van der Waals surface area contributed by atoms with Gasteiger partial charge in [0.2, 0.25) is 0 Å². The van der Waals surface area contributed by atoms with Crippen molar-refractivity contribution in [2.45, 2.75) is 6.92 Å². The molecule has 4 rings (SSSR count). The lowest BCUT2D eigenvalue weighted by molar-refractivity contribution is 0.340. The van der Waals surface area contributed by atoms with Gasteiger partial charge in [0, 0.05) is 5.56 Å². The van der Waals surface area contributed by atoms with Crippen molar-refractivity contribution in [3.8, 4) is 22.9 Å². The predicted octanol–water partition coefficient (Wildman–Crippen LogP) is 4.97. The molecular formula is C26H24N2O4. The molecule has 0 spiro atoms. The summed E-state index contributed by atoms with van der Waals surface area (Å²) < 4.78 is 17.9. The number of aromatic nitrogens is 2. The highest BCUT2D eigenvalue weighted by Crippen LogP contribution is 2.26. The van der Waals surface area contributed by atoms with Crippen molar-refractivity contribution in [1.29, 1.82) is 0 Å². The SMILES string of the molecule is CCOc1ccc(-n2c(/C=C/c3cc(OC)ccc3OC)nc3ccccc3c2=O)cc1. The fourth-order valence-electron chi connectivity index (χ4n) is 3.50. The lowest BCUT2D eigenvalue weighted by Gasteiger charge is -2.13. The first-order valence-corrected chi connectivity index (χ1v) is 10.3. The van der Waals surface area contributed by atoms with Crippen LogP contribution in [0.1, 0.15) is 18.3 Å². The van der Waals surface area contributed by atoms with E-state index in [2.05, 4.69) is 0 Å². The molecule has 0 fully saturated rings. The van der Waals surface area contributed by atoms with E-state index in [0.717, 1.165) is 11.3 Å². The standard InChI is InChI=1S/C26H24N2O4/c1-4-32-20-12-10-19(11-13-20)28-25(27-23-8-6-5-7-22(23)26(28)29)16-9-18-17-21(30-2)14-15-24(18)31-3/h5-17H,4H2,1-3H3/b16-9+. The Morgan fingerprint density at radius 2 is 1.66 bits per heavy atom. The highest BCUT2D eigenvalue weighted by molar-refractivity contribution is 5.80. The second-order valence-corrected chi connectivity index (χ2v) is 7.00. The summed E-state index contributed by atoms with van der Waals surface area (Å²) in [6.07, 6.45) is 3.67. The quantitative estimate of drug-likeness (QED) is 0.416. The smallest absolute Gasteiger partial charge is 0.266 e. The van der Waals surface area contributed by atoms with Crippen LogP contribution in [0.5, 0.6) is 17.2 Å². The van der Waals surface area contributed by atoms with Crippen molar-refractivity contribution in [2.24, 2.45) is 0 Å². The van der Waals surface area contributed by atoms with Crippen LogP contribution >= 0.6 is 0 Å². The Kier molecular flexibility index (Phi) is 6.22. The van der Waals surface area contributed by atoms with Gasteiger partial charge in [-0.3, -0.25) is 9.36 Å². The Morgan fingerprint density at radius 3 is 2.38 bits per heavy atom. The molecule has 0 saturated carbocycles. The molecule has 0 aliphatic heterocycles. The van der Waals surface area contributed by atoms with E-state index in [-0.39, 0.29) is 5.56 Å². The number of benzene rings is 3. The average molecular weight is 428 g/mol. The number of methoxy groups -OCH3 is 2. The maximum absolute atomic E-state index is 13.4. The van der Waals surface area contributed by atoms with Gasteiger partial charge in [-0.25, -0.2) is 4.98 Å². The van der Waals surface area contributed by atoms with Crippen LogP contribution in [-0.4, -0.2) is 30.4 Å². The summed E-state index contributed by atoms with van der Waals surface area (Å²) in [5.41, 5.74) is 2.01. The minimum atomic E-state index is -0.142. The lowest BCUT2D eigenvalue weighted by atomic mass is 10.1. The van der Waals surface area contributed by atoms with E-state index in [0.29, 0.717) is 40.5 Å². The van der Waals surface area contributed by atoms with Gasteiger partial charge < -0.3 is 14.2 Å². The van der Waals surface area contributed by atoms with E-state index >= 15 is 0 Å². The summed E-state index contributed by atoms with van der Waals surface area (Å²) in [5, 5.41) is 0.553. The second-order valence-electron chi connectivity index (χ2n) is 7.00. The van der Waals surface area contributed by atoms with Crippen molar-refractivity contribution in [3.63, 3.8) is 0 Å². The molecule has 6 nitrogen and oxygen atoms in total. The maximum Gasteiger partial charge on any atom is 0.266 e. The molecule has 1 aromatic heterocycles. The zero-order valence-corrected chi connectivity index (χ0v) is 18.2. The first-order chi connectivity index (χ1) is 15.6. The van der Waals surface area contributed by atoms with Crippen LogP contribution in [-0.2, 0) is 0 Å².